The second kappa shape index (κ2) is 8.79. The van der Waals surface area contributed by atoms with E-state index in [0.29, 0.717) is 26.2 Å². The van der Waals surface area contributed by atoms with E-state index in [9.17, 15) is 10.5 Å². The summed E-state index contributed by atoms with van der Waals surface area (Å²) in [5, 5.41) is 25.1. The Hall–Kier alpha value is -4.94. The molecule has 0 amide bonds. The first-order valence-electron chi connectivity index (χ1n) is 14.1. The molecular weight excluding hydrogens is 492 g/mol. The Kier molecular flexibility index (Phi) is 5.06. The smallest absolute Gasteiger partial charge is 0.179 e. The van der Waals surface area contributed by atoms with Gasteiger partial charge in [0.25, 0.3) is 0 Å². The Labute approximate surface area is 232 Å². The third kappa shape index (κ3) is 3.53. The molecule has 6 heteroatoms. The zero-order valence-corrected chi connectivity index (χ0v) is 22.3. The highest BCUT2D eigenvalue weighted by atomic mass is 15.1. The van der Waals surface area contributed by atoms with Gasteiger partial charge < -0.3 is 18.9 Å². The van der Waals surface area contributed by atoms with E-state index >= 15 is 0 Å². The van der Waals surface area contributed by atoms with Gasteiger partial charge in [-0.05, 0) is 83.6 Å². The fraction of sp³-hybridized carbons (Fsp3) is 0.235. The van der Waals surface area contributed by atoms with Gasteiger partial charge in [0.2, 0.25) is 0 Å². The molecule has 0 fully saturated rings. The quantitative estimate of drug-likeness (QED) is 0.203. The van der Waals surface area contributed by atoms with Gasteiger partial charge in [0.1, 0.15) is 0 Å². The van der Waals surface area contributed by atoms with E-state index < -0.39 is 0 Å². The average molecular weight is 521 g/mol. The van der Waals surface area contributed by atoms with Crippen LogP contribution in [0.1, 0.15) is 35.1 Å². The van der Waals surface area contributed by atoms with Crippen molar-refractivity contribution >= 4 is 43.6 Å². The number of benzene rings is 4. The lowest BCUT2D eigenvalue weighted by Crippen LogP contribution is -2.16. The summed E-state index contributed by atoms with van der Waals surface area (Å²) in [7, 11) is 0. The molecule has 14 bridgehead atoms. The topological polar surface area (TPSA) is 63.9 Å². The number of nitriles is 2. The summed E-state index contributed by atoms with van der Waals surface area (Å²) < 4.78 is 4.92. The van der Waals surface area contributed by atoms with Crippen LogP contribution in [-0.4, -0.2) is 18.9 Å². The van der Waals surface area contributed by atoms with E-state index in [4.69, 9.17) is 0 Å². The maximum absolute atomic E-state index is 10.1. The minimum atomic E-state index is 0.560. The van der Waals surface area contributed by atoms with Gasteiger partial charge in [-0.2, -0.15) is 10.5 Å². The third-order valence-electron chi connectivity index (χ3n) is 8.78. The monoisotopic (exact) mass is 520 g/mol. The van der Waals surface area contributed by atoms with Crippen LogP contribution < -0.4 is 0 Å². The molecule has 0 unspecified atom stereocenters. The Bertz CT molecular complexity index is 1790. The molecule has 6 aromatic rings. The molecule has 4 aromatic carbocycles. The molecule has 7 aliphatic rings. The summed E-state index contributed by atoms with van der Waals surface area (Å²) in [6.07, 6.45) is 7.04. The number of hydrogen-bond donors (Lipinski definition) is 0. The lowest BCUT2D eigenvalue weighted by Gasteiger charge is -2.17. The van der Waals surface area contributed by atoms with Crippen molar-refractivity contribution in [2.75, 3.05) is 0 Å². The normalized spacial score (nSPS) is 15.6. The fourth-order valence-corrected chi connectivity index (χ4v) is 6.95. The van der Waals surface area contributed by atoms with Crippen molar-refractivity contribution in [2.45, 2.75) is 52.1 Å². The van der Waals surface area contributed by atoms with Crippen molar-refractivity contribution in [2.24, 2.45) is 0 Å². The van der Waals surface area contributed by atoms with Crippen LogP contribution in [-0.2, 0) is 39.3 Å². The molecule has 40 heavy (non-hydrogen) atoms. The lowest BCUT2D eigenvalue weighted by molar-refractivity contribution is 0.379. The van der Waals surface area contributed by atoms with Crippen LogP contribution in [0.4, 0.5) is 0 Å². The van der Waals surface area contributed by atoms with E-state index in [1.165, 1.54) is 43.6 Å². The molecule has 0 N–H and O–H groups in total. The fourth-order valence-electron chi connectivity index (χ4n) is 6.95. The number of rotatable bonds is 0. The molecule has 13 rings (SSSR count). The Balaban J connectivity index is 1.44. The van der Waals surface area contributed by atoms with E-state index in [0.717, 1.165) is 48.2 Å². The van der Waals surface area contributed by atoms with Gasteiger partial charge in [0.15, 0.2) is 12.4 Å². The third-order valence-corrected chi connectivity index (χ3v) is 8.78. The zero-order chi connectivity index (χ0) is 26.8. The van der Waals surface area contributed by atoms with Crippen molar-refractivity contribution in [3.63, 3.8) is 0 Å². The molecule has 0 aliphatic carbocycles. The van der Waals surface area contributed by atoms with Crippen molar-refractivity contribution in [3.8, 4) is 12.4 Å². The molecule has 0 radical (unpaired) electrons. The highest BCUT2D eigenvalue weighted by Gasteiger charge is 2.18. The number of nitrogens with zero attached hydrogens (tertiary/aromatic N) is 6. The van der Waals surface area contributed by atoms with Gasteiger partial charge >= 0.3 is 0 Å². The summed E-state index contributed by atoms with van der Waals surface area (Å²) in [6.45, 7) is 4.13. The van der Waals surface area contributed by atoms with Crippen molar-refractivity contribution in [3.05, 3.63) is 95.1 Å². The molecule has 0 atom stereocenters. The SMILES string of the molecule is N#CN1Cc2ccc3c(c2)c2cc4ccc2n3CCCCn2c3ccc(cc3c3cc(ccc32)CN(C#N)C4)C1. The van der Waals surface area contributed by atoms with Crippen LogP contribution in [0, 0.1) is 22.9 Å². The maximum atomic E-state index is 10.1. The van der Waals surface area contributed by atoms with Crippen LogP contribution >= 0.6 is 0 Å². The summed E-state index contributed by atoms with van der Waals surface area (Å²) in [6, 6.07) is 26.7. The molecule has 194 valence electrons. The molecule has 2 aromatic heterocycles. The molecule has 9 heterocycles. The first-order chi connectivity index (χ1) is 19.7. The largest absolute Gasteiger partial charge is 0.340 e. The molecule has 7 aliphatic heterocycles. The molecule has 0 saturated carbocycles. The van der Waals surface area contributed by atoms with Gasteiger partial charge in [0, 0.05) is 56.7 Å². The first kappa shape index (κ1) is 23.0. The second-order valence-corrected chi connectivity index (χ2v) is 11.3. The van der Waals surface area contributed by atoms with E-state index in [-0.39, 0.29) is 0 Å². The first-order valence-corrected chi connectivity index (χ1v) is 14.1. The molecular formula is C34H28N6. The van der Waals surface area contributed by atoms with Crippen LogP contribution in [0.25, 0.3) is 43.6 Å². The Morgan fingerprint density at radius 3 is 1.02 bits per heavy atom. The highest BCUT2D eigenvalue weighted by Crippen LogP contribution is 2.35. The van der Waals surface area contributed by atoms with Gasteiger partial charge in [-0.3, -0.25) is 0 Å². The van der Waals surface area contributed by atoms with E-state index in [1.807, 2.05) is 9.80 Å². The van der Waals surface area contributed by atoms with Gasteiger partial charge in [0.05, 0.1) is 26.2 Å². The van der Waals surface area contributed by atoms with Crippen LogP contribution in [0.5, 0.6) is 0 Å². The Morgan fingerprint density at radius 1 is 0.450 bits per heavy atom. The summed E-state index contributed by atoms with van der Waals surface area (Å²) in [5.74, 6) is 0. The van der Waals surface area contributed by atoms with Crippen molar-refractivity contribution < 1.29 is 0 Å². The Morgan fingerprint density at radius 2 is 0.750 bits per heavy atom. The van der Waals surface area contributed by atoms with Crippen molar-refractivity contribution in [1.82, 2.24) is 18.9 Å². The number of hydrogen-bond acceptors (Lipinski definition) is 4. The van der Waals surface area contributed by atoms with E-state index in [2.05, 4.69) is 94.3 Å². The number of aryl methyl sites for hydroxylation is 2. The van der Waals surface area contributed by atoms with Crippen LogP contribution in [0.2, 0.25) is 0 Å². The van der Waals surface area contributed by atoms with Gasteiger partial charge in [-0.15, -0.1) is 0 Å². The standard InChI is InChI=1S/C34H28N6/c35-21-37-17-23-3-7-31-27(13-23)28-14-24-4-8-32(28)39(31)11-1-2-12-40-33-9-5-25(19-37)15-29(33)30-16-26(6-10-34(30)40)20-38(18-24)22-36/h3-10,13-16H,1-2,11-12,17-20H2. The van der Waals surface area contributed by atoms with Gasteiger partial charge in [-0.25, -0.2) is 0 Å². The van der Waals surface area contributed by atoms with E-state index in [1.54, 1.807) is 0 Å². The highest BCUT2D eigenvalue weighted by molar-refractivity contribution is 6.09. The number of aromatic nitrogens is 2. The predicted octanol–water partition coefficient (Wildman–Crippen LogP) is 6.98. The summed E-state index contributed by atoms with van der Waals surface area (Å²) in [4.78, 5) is 3.70. The second-order valence-electron chi connectivity index (χ2n) is 11.3. The van der Waals surface area contributed by atoms with Crippen LogP contribution in [0.15, 0.2) is 72.8 Å². The van der Waals surface area contributed by atoms with Crippen molar-refractivity contribution in [1.29, 1.82) is 10.5 Å². The summed E-state index contributed by atoms with van der Waals surface area (Å²) in [5.41, 5.74) is 9.44. The maximum Gasteiger partial charge on any atom is 0.179 e. The predicted molar refractivity (Wildman–Crippen MR) is 158 cm³/mol. The zero-order valence-electron chi connectivity index (χ0n) is 22.3. The minimum Gasteiger partial charge on any atom is -0.340 e. The summed E-state index contributed by atoms with van der Waals surface area (Å²) >= 11 is 0. The molecule has 0 spiro atoms. The van der Waals surface area contributed by atoms with Crippen LogP contribution in [0.3, 0.4) is 0 Å². The molecule has 0 saturated heterocycles. The minimum absolute atomic E-state index is 0.560. The molecule has 6 nitrogen and oxygen atoms in total. The lowest BCUT2D eigenvalue weighted by atomic mass is 10.0. The average Bonchev–Trinajstić information content (AvgIpc) is 3.45. The van der Waals surface area contributed by atoms with Gasteiger partial charge in [-0.1, -0.05) is 24.3 Å².